The van der Waals surface area contributed by atoms with Gasteiger partial charge >= 0.3 is 0 Å². The minimum absolute atomic E-state index is 0.289. The fourth-order valence-electron chi connectivity index (χ4n) is 1.69. The van der Waals surface area contributed by atoms with E-state index >= 15 is 0 Å². The summed E-state index contributed by atoms with van der Waals surface area (Å²) in [6, 6.07) is 4.13. The number of nitrogens with zero attached hydrogens (tertiary/aromatic N) is 2. The number of methoxy groups -OCH3 is 1. The first-order chi connectivity index (χ1) is 10.2. The van der Waals surface area contributed by atoms with Crippen LogP contribution in [-0.2, 0) is 0 Å². The van der Waals surface area contributed by atoms with E-state index in [2.05, 4.69) is 15.3 Å². The standard InChI is InChI=1S/C14H17FN4O2/c1-3-6-21-14-12(16)13(17-8-18-14)19-10-5-4-9(15)7-11(10)20-2/h4-5,7-8H,3,6,16H2,1-2H3,(H,17,18,19). The predicted octanol–water partition coefficient (Wildman–Crippen LogP) is 2.74. The van der Waals surface area contributed by atoms with E-state index in [0.29, 0.717) is 29.7 Å². The van der Waals surface area contributed by atoms with Gasteiger partial charge in [0.2, 0.25) is 5.88 Å². The maximum atomic E-state index is 13.2. The molecule has 0 saturated heterocycles. The van der Waals surface area contributed by atoms with Gasteiger partial charge in [-0.3, -0.25) is 0 Å². The second-order valence-corrected chi connectivity index (χ2v) is 4.26. The van der Waals surface area contributed by atoms with Gasteiger partial charge in [-0.05, 0) is 18.6 Å². The number of nitrogens with two attached hydrogens (primary N) is 1. The number of ether oxygens (including phenoxy) is 2. The minimum atomic E-state index is -0.389. The van der Waals surface area contributed by atoms with Gasteiger partial charge in [-0.25, -0.2) is 9.37 Å². The Bertz CT molecular complexity index is 622. The maximum Gasteiger partial charge on any atom is 0.242 e. The number of nitrogen functional groups attached to an aromatic ring is 1. The van der Waals surface area contributed by atoms with Crippen molar-refractivity contribution in [2.24, 2.45) is 0 Å². The molecule has 1 aromatic carbocycles. The van der Waals surface area contributed by atoms with Crippen LogP contribution in [0.3, 0.4) is 0 Å². The Labute approximate surface area is 122 Å². The molecule has 1 heterocycles. The van der Waals surface area contributed by atoms with Gasteiger partial charge in [0.15, 0.2) is 5.82 Å². The van der Waals surface area contributed by atoms with Gasteiger partial charge in [0, 0.05) is 6.07 Å². The van der Waals surface area contributed by atoms with Gasteiger partial charge in [-0.2, -0.15) is 4.98 Å². The van der Waals surface area contributed by atoms with Crippen LogP contribution in [0.2, 0.25) is 0 Å². The van der Waals surface area contributed by atoms with E-state index < -0.39 is 0 Å². The molecule has 0 radical (unpaired) electrons. The summed E-state index contributed by atoms with van der Waals surface area (Å²) in [7, 11) is 1.46. The average molecular weight is 292 g/mol. The lowest BCUT2D eigenvalue weighted by Gasteiger charge is -2.13. The molecule has 0 unspecified atom stereocenters. The van der Waals surface area contributed by atoms with Crippen LogP contribution in [0.15, 0.2) is 24.5 Å². The van der Waals surface area contributed by atoms with Crippen molar-refractivity contribution in [3.8, 4) is 11.6 Å². The molecule has 2 rings (SSSR count). The summed E-state index contributed by atoms with van der Waals surface area (Å²) >= 11 is 0. The molecular weight excluding hydrogens is 275 g/mol. The van der Waals surface area contributed by atoms with E-state index in [1.807, 2.05) is 6.92 Å². The Morgan fingerprint density at radius 2 is 2.14 bits per heavy atom. The topological polar surface area (TPSA) is 82.3 Å². The normalized spacial score (nSPS) is 10.2. The highest BCUT2D eigenvalue weighted by Gasteiger charge is 2.12. The summed E-state index contributed by atoms with van der Waals surface area (Å²) in [6.45, 7) is 2.50. The summed E-state index contributed by atoms with van der Waals surface area (Å²) < 4.78 is 23.7. The smallest absolute Gasteiger partial charge is 0.242 e. The highest BCUT2D eigenvalue weighted by molar-refractivity contribution is 5.74. The number of hydrogen-bond donors (Lipinski definition) is 2. The lowest BCUT2D eigenvalue weighted by Crippen LogP contribution is -2.06. The first-order valence-corrected chi connectivity index (χ1v) is 6.49. The molecule has 0 spiro atoms. The van der Waals surface area contributed by atoms with Gasteiger partial charge in [0.25, 0.3) is 0 Å². The van der Waals surface area contributed by atoms with Crippen LogP contribution in [0.4, 0.5) is 21.6 Å². The molecule has 3 N–H and O–H groups in total. The third-order valence-corrected chi connectivity index (χ3v) is 2.71. The van der Waals surface area contributed by atoms with Crippen molar-refractivity contribution in [3.63, 3.8) is 0 Å². The molecule has 0 fully saturated rings. The van der Waals surface area contributed by atoms with E-state index in [4.69, 9.17) is 15.2 Å². The second kappa shape index (κ2) is 6.74. The van der Waals surface area contributed by atoms with Crippen LogP contribution in [-0.4, -0.2) is 23.7 Å². The van der Waals surface area contributed by atoms with Crippen LogP contribution in [0.1, 0.15) is 13.3 Å². The molecule has 0 atom stereocenters. The van der Waals surface area contributed by atoms with E-state index in [-0.39, 0.29) is 11.5 Å². The van der Waals surface area contributed by atoms with Gasteiger partial charge in [-0.15, -0.1) is 0 Å². The second-order valence-electron chi connectivity index (χ2n) is 4.26. The van der Waals surface area contributed by atoms with Crippen molar-refractivity contribution < 1.29 is 13.9 Å². The van der Waals surface area contributed by atoms with Gasteiger partial charge in [0.1, 0.15) is 23.6 Å². The number of anilines is 3. The first-order valence-electron chi connectivity index (χ1n) is 6.49. The maximum absolute atomic E-state index is 13.2. The van der Waals surface area contributed by atoms with Crippen molar-refractivity contribution in [2.45, 2.75) is 13.3 Å². The van der Waals surface area contributed by atoms with Crippen LogP contribution >= 0.6 is 0 Å². The largest absolute Gasteiger partial charge is 0.494 e. The Hall–Kier alpha value is -2.57. The number of halogens is 1. The van der Waals surface area contributed by atoms with Gasteiger partial charge < -0.3 is 20.5 Å². The van der Waals surface area contributed by atoms with Gasteiger partial charge in [-0.1, -0.05) is 6.92 Å². The molecule has 0 aliphatic carbocycles. The molecular formula is C14H17FN4O2. The number of hydrogen-bond acceptors (Lipinski definition) is 6. The Morgan fingerprint density at radius 1 is 1.33 bits per heavy atom. The summed E-state index contributed by atoms with van der Waals surface area (Å²) in [5.74, 6) is 0.653. The molecule has 1 aromatic heterocycles. The Morgan fingerprint density at radius 3 is 2.86 bits per heavy atom. The van der Waals surface area contributed by atoms with E-state index in [1.54, 1.807) is 6.07 Å². The SMILES string of the molecule is CCCOc1ncnc(Nc2ccc(F)cc2OC)c1N. The van der Waals surface area contributed by atoms with Crippen molar-refractivity contribution in [3.05, 3.63) is 30.3 Å². The van der Waals surface area contributed by atoms with E-state index in [9.17, 15) is 4.39 Å². The number of nitrogens with one attached hydrogen (secondary N) is 1. The van der Waals surface area contributed by atoms with E-state index in [0.717, 1.165) is 6.42 Å². The molecule has 21 heavy (non-hydrogen) atoms. The molecule has 0 saturated carbocycles. The lowest BCUT2D eigenvalue weighted by atomic mass is 10.2. The van der Waals surface area contributed by atoms with Crippen molar-refractivity contribution >= 4 is 17.2 Å². The molecule has 6 nitrogen and oxygen atoms in total. The zero-order valence-corrected chi connectivity index (χ0v) is 11.9. The number of benzene rings is 1. The molecule has 7 heteroatoms. The summed E-state index contributed by atoms with van der Waals surface area (Å²) in [5, 5.41) is 2.99. The highest BCUT2D eigenvalue weighted by Crippen LogP contribution is 2.32. The molecule has 0 amide bonds. The predicted molar refractivity (Wildman–Crippen MR) is 78.5 cm³/mol. The van der Waals surface area contributed by atoms with Crippen LogP contribution < -0.4 is 20.5 Å². The van der Waals surface area contributed by atoms with E-state index in [1.165, 1.54) is 25.6 Å². The van der Waals surface area contributed by atoms with Crippen LogP contribution in [0.25, 0.3) is 0 Å². The first kappa shape index (κ1) is 14.8. The van der Waals surface area contributed by atoms with Crippen molar-refractivity contribution in [1.82, 2.24) is 9.97 Å². The summed E-state index contributed by atoms with van der Waals surface area (Å²) in [4.78, 5) is 8.05. The number of aromatic nitrogens is 2. The third-order valence-electron chi connectivity index (χ3n) is 2.71. The Balaban J connectivity index is 2.27. The fourth-order valence-corrected chi connectivity index (χ4v) is 1.69. The molecule has 112 valence electrons. The van der Waals surface area contributed by atoms with Crippen LogP contribution in [0, 0.1) is 5.82 Å². The molecule has 0 bridgehead atoms. The fraction of sp³-hybridized carbons (Fsp3) is 0.286. The Kier molecular flexibility index (Phi) is 4.76. The lowest BCUT2D eigenvalue weighted by molar-refractivity contribution is 0.307. The molecule has 0 aliphatic rings. The third kappa shape index (κ3) is 3.50. The van der Waals surface area contributed by atoms with Crippen LogP contribution in [0.5, 0.6) is 11.6 Å². The zero-order chi connectivity index (χ0) is 15.2. The minimum Gasteiger partial charge on any atom is -0.494 e. The average Bonchev–Trinajstić information content (AvgIpc) is 2.49. The molecule has 0 aliphatic heterocycles. The van der Waals surface area contributed by atoms with Gasteiger partial charge in [0.05, 0.1) is 19.4 Å². The monoisotopic (exact) mass is 292 g/mol. The number of rotatable bonds is 6. The quantitative estimate of drug-likeness (QED) is 0.852. The van der Waals surface area contributed by atoms with Crippen molar-refractivity contribution in [1.29, 1.82) is 0 Å². The van der Waals surface area contributed by atoms with Crippen molar-refractivity contribution in [2.75, 3.05) is 24.8 Å². The summed E-state index contributed by atoms with van der Waals surface area (Å²) in [5.41, 5.74) is 6.80. The summed E-state index contributed by atoms with van der Waals surface area (Å²) in [6.07, 6.45) is 2.19. The molecule has 2 aromatic rings. The zero-order valence-electron chi connectivity index (χ0n) is 11.9. The highest BCUT2D eigenvalue weighted by atomic mass is 19.1.